The molecule has 1 heterocycles. The van der Waals surface area contributed by atoms with Crippen molar-refractivity contribution in [2.45, 2.75) is 64.0 Å². The van der Waals surface area contributed by atoms with Crippen LogP contribution in [0, 0.1) is 5.92 Å². The Morgan fingerprint density at radius 2 is 1.91 bits per heavy atom. The van der Waals surface area contributed by atoms with Crippen LogP contribution in [0.4, 0.5) is 0 Å². The molecule has 3 N–H and O–H groups in total. The molecule has 0 bridgehead atoms. The number of hydrogen-bond acceptors (Lipinski definition) is 4. The van der Waals surface area contributed by atoms with E-state index < -0.39 is 0 Å². The Kier molecular flexibility index (Phi) is 5.86. The molecule has 0 aromatic rings. The van der Waals surface area contributed by atoms with Gasteiger partial charge in [0.2, 0.25) is 5.91 Å². The summed E-state index contributed by atoms with van der Waals surface area (Å²) >= 11 is 0. The van der Waals surface area contributed by atoms with Crippen molar-refractivity contribution in [2.75, 3.05) is 32.8 Å². The molecule has 1 aliphatic carbocycles. The van der Waals surface area contributed by atoms with Crippen molar-refractivity contribution in [2.24, 2.45) is 11.7 Å². The number of rotatable bonds is 6. The molecular formula is C17H33N3O2. The van der Waals surface area contributed by atoms with Crippen LogP contribution >= 0.6 is 0 Å². The number of carbonyl (C=O) groups is 1. The van der Waals surface area contributed by atoms with E-state index in [1.165, 1.54) is 12.8 Å². The fraction of sp³-hybridized carbons (Fsp3) is 0.941. The second-order valence-electron chi connectivity index (χ2n) is 7.53. The van der Waals surface area contributed by atoms with Crippen molar-refractivity contribution in [3.05, 3.63) is 0 Å². The molecule has 0 aromatic heterocycles. The number of hydrogen-bond donors (Lipinski definition) is 2. The van der Waals surface area contributed by atoms with Crippen molar-refractivity contribution < 1.29 is 9.53 Å². The maximum absolute atomic E-state index is 12.7. The van der Waals surface area contributed by atoms with Crippen LogP contribution in [-0.4, -0.2) is 54.7 Å². The highest BCUT2D eigenvalue weighted by Crippen LogP contribution is 2.38. The third-order valence-corrected chi connectivity index (χ3v) is 5.83. The molecule has 2 rings (SSSR count). The Bertz CT molecular complexity index is 374. The third-order valence-electron chi connectivity index (χ3n) is 5.83. The van der Waals surface area contributed by atoms with Gasteiger partial charge in [-0.15, -0.1) is 0 Å². The molecule has 1 saturated carbocycles. The van der Waals surface area contributed by atoms with E-state index in [1.807, 2.05) is 6.92 Å². The van der Waals surface area contributed by atoms with E-state index in [9.17, 15) is 4.79 Å². The number of carbonyl (C=O) groups excluding carboxylic acids is 1. The van der Waals surface area contributed by atoms with Crippen molar-refractivity contribution in [1.29, 1.82) is 0 Å². The van der Waals surface area contributed by atoms with Gasteiger partial charge in [-0.2, -0.15) is 0 Å². The lowest BCUT2D eigenvalue weighted by Crippen LogP contribution is -2.58. The Morgan fingerprint density at radius 1 is 1.32 bits per heavy atom. The van der Waals surface area contributed by atoms with Crippen LogP contribution in [0.3, 0.4) is 0 Å². The lowest BCUT2D eigenvalue weighted by Gasteiger charge is -2.44. The molecule has 1 aliphatic heterocycles. The molecule has 1 atom stereocenters. The first kappa shape index (κ1) is 17.7. The summed E-state index contributed by atoms with van der Waals surface area (Å²) in [5.74, 6) is 0.472. The molecule has 1 unspecified atom stereocenters. The predicted molar refractivity (Wildman–Crippen MR) is 88.6 cm³/mol. The number of morpholine rings is 1. The summed E-state index contributed by atoms with van der Waals surface area (Å²) in [4.78, 5) is 15.2. The molecule has 0 aromatic carbocycles. The Hall–Kier alpha value is -0.650. The van der Waals surface area contributed by atoms with Crippen molar-refractivity contribution in [3.8, 4) is 0 Å². The van der Waals surface area contributed by atoms with E-state index in [-0.39, 0.29) is 17.0 Å². The lowest BCUT2D eigenvalue weighted by molar-refractivity contribution is -0.127. The third kappa shape index (κ3) is 3.81. The molecule has 1 amide bonds. The summed E-state index contributed by atoms with van der Waals surface area (Å²) in [7, 11) is 0. The molecule has 1 saturated heterocycles. The van der Waals surface area contributed by atoms with Gasteiger partial charge in [-0.05, 0) is 25.7 Å². The number of nitrogens with zero attached hydrogens (tertiary/aromatic N) is 1. The van der Waals surface area contributed by atoms with Crippen LogP contribution in [0.15, 0.2) is 0 Å². The average Bonchev–Trinajstić information content (AvgIpc) is 2.97. The second kappa shape index (κ2) is 7.28. The highest BCUT2D eigenvalue weighted by Gasteiger charge is 2.42. The highest BCUT2D eigenvalue weighted by atomic mass is 16.5. The molecule has 0 radical (unpaired) electrons. The normalized spacial score (nSPS) is 25.1. The van der Waals surface area contributed by atoms with Crippen LogP contribution in [0.1, 0.15) is 52.9 Å². The van der Waals surface area contributed by atoms with Gasteiger partial charge < -0.3 is 15.8 Å². The van der Waals surface area contributed by atoms with Crippen LogP contribution in [0.25, 0.3) is 0 Å². The second-order valence-corrected chi connectivity index (χ2v) is 7.53. The summed E-state index contributed by atoms with van der Waals surface area (Å²) in [5, 5.41) is 3.21. The number of ether oxygens (including phenoxy) is 1. The van der Waals surface area contributed by atoms with Crippen LogP contribution in [-0.2, 0) is 9.53 Å². The maximum Gasteiger partial charge on any atom is 0.222 e. The van der Waals surface area contributed by atoms with Crippen LogP contribution in [0.5, 0.6) is 0 Å². The molecule has 5 nitrogen and oxygen atoms in total. The molecule has 2 fully saturated rings. The number of amides is 1. The monoisotopic (exact) mass is 311 g/mol. The van der Waals surface area contributed by atoms with E-state index in [1.54, 1.807) is 0 Å². The first-order chi connectivity index (χ1) is 10.4. The smallest absolute Gasteiger partial charge is 0.222 e. The lowest BCUT2D eigenvalue weighted by atomic mass is 9.86. The Balaban J connectivity index is 2.03. The van der Waals surface area contributed by atoms with Gasteiger partial charge in [-0.3, -0.25) is 9.69 Å². The van der Waals surface area contributed by atoms with Gasteiger partial charge in [0.1, 0.15) is 0 Å². The molecule has 0 spiro atoms. The minimum absolute atomic E-state index is 0.0420. The minimum atomic E-state index is -0.318. The largest absolute Gasteiger partial charge is 0.379 e. The standard InChI is InChI=1S/C17H33N3O2/c1-14(2)16(3,13-18)19-15(21)12-17(6-4-5-7-17)20-8-10-22-11-9-20/h14H,4-13,18H2,1-3H3,(H,19,21). The summed E-state index contributed by atoms with van der Waals surface area (Å²) in [5.41, 5.74) is 5.62. The van der Waals surface area contributed by atoms with E-state index in [0.29, 0.717) is 18.9 Å². The minimum Gasteiger partial charge on any atom is -0.379 e. The van der Waals surface area contributed by atoms with Crippen molar-refractivity contribution in [3.63, 3.8) is 0 Å². The van der Waals surface area contributed by atoms with Gasteiger partial charge >= 0.3 is 0 Å². The van der Waals surface area contributed by atoms with Gasteiger partial charge in [0, 0.05) is 31.6 Å². The van der Waals surface area contributed by atoms with Gasteiger partial charge in [-0.25, -0.2) is 0 Å². The first-order valence-corrected chi connectivity index (χ1v) is 8.76. The fourth-order valence-electron chi connectivity index (χ4n) is 3.77. The van der Waals surface area contributed by atoms with Crippen molar-refractivity contribution in [1.82, 2.24) is 10.2 Å². The molecule has 22 heavy (non-hydrogen) atoms. The number of nitrogens with two attached hydrogens (primary N) is 1. The molecule has 2 aliphatic rings. The SMILES string of the molecule is CC(C)C(C)(CN)NC(=O)CC1(N2CCOCC2)CCCC1. The van der Waals surface area contributed by atoms with Crippen LogP contribution in [0.2, 0.25) is 0 Å². The topological polar surface area (TPSA) is 67.6 Å². The Morgan fingerprint density at radius 3 is 2.41 bits per heavy atom. The average molecular weight is 311 g/mol. The van der Waals surface area contributed by atoms with Gasteiger partial charge in [0.15, 0.2) is 0 Å². The van der Waals surface area contributed by atoms with E-state index >= 15 is 0 Å². The van der Waals surface area contributed by atoms with Crippen LogP contribution < -0.4 is 11.1 Å². The summed E-state index contributed by atoms with van der Waals surface area (Å²) in [6.45, 7) is 10.2. The van der Waals surface area contributed by atoms with Gasteiger partial charge in [0.25, 0.3) is 0 Å². The molecule has 5 heteroatoms. The summed E-state index contributed by atoms with van der Waals surface area (Å²) in [6.07, 6.45) is 5.30. The quantitative estimate of drug-likeness (QED) is 0.780. The predicted octanol–water partition coefficient (Wildman–Crippen LogP) is 1.51. The zero-order chi connectivity index (χ0) is 16.2. The summed E-state index contributed by atoms with van der Waals surface area (Å²) in [6, 6.07) is 0. The van der Waals surface area contributed by atoms with E-state index in [2.05, 4.69) is 24.1 Å². The van der Waals surface area contributed by atoms with E-state index in [0.717, 1.165) is 39.1 Å². The van der Waals surface area contributed by atoms with Gasteiger partial charge in [0.05, 0.1) is 18.8 Å². The zero-order valence-electron chi connectivity index (χ0n) is 14.5. The highest BCUT2D eigenvalue weighted by molar-refractivity contribution is 5.78. The van der Waals surface area contributed by atoms with E-state index in [4.69, 9.17) is 10.5 Å². The molecule has 128 valence electrons. The number of nitrogens with one attached hydrogen (secondary N) is 1. The van der Waals surface area contributed by atoms with Gasteiger partial charge in [-0.1, -0.05) is 26.7 Å². The molecular weight excluding hydrogens is 278 g/mol. The van der Waals surface area contributed by atoms with Crippen molar-refractivity contribution >= 4 is 5.91 Å². The summed E-state index contributed by atoms with van der Waals surface area (Å²) < 4.78 is 5.48. The first-order valence-electron chi connectivity index (χ1n) is 8.76. The zero-order valence-corrected chi connectivity index (χ0v) is 14.5. The Labute approximate surface area is 134 Å². The maximum atomic E-state index is 12.7. The fourth-order valence-corrected chi connectivity index (χ4v) is 3.77.